The molecule has 2 aromatic heterocycles. The Bertz CT molecular complexity index is 1400. The molecule has 2 aliphatic rings. The molecule has 32 heavy (non-hydrogen) atoms. The van der Waals surface area contributed by atoms with E-state index in [-0.39, 0.29) is 17.1 Å². The summed E-state index contributed by atoms with van der Waals surface area (Å²) >= 11 is 1.17. The molecular formula is C18H15N7O5S2. The highest BCUT2D eigenvalue weighted by Crippen LogP contribution is 2.42. The number of benzene rings is 1. The van der Waals surface area contributed by atoms with E-state index in [0.717, 1.165) is 5.69 Å². The predicted molar refractivity (Wildman–Crippen MR) is 116 cm³/mol. The van der Waals surface area contributed by atoms with Gasteiger partial charge in [-0.05, 0) is 36.9 Å². The largest absolute Gasteiger partial charge is 0.449 e. The molecule has 0 fully saturated rings. The van der Waals surface area contributed by atoms with Gasteiger partial charge in [-0.2, -0.15) is 0 Å². The van der Waals surface area contributed by atoms with Crippen molar-refractivity contribution in [1.29, 1.82) is 0 Å². The van der Waals surface area contributed by atoms with Crippen LogP contribution in [0.15, 0.2) is 40.1 Å². The van der Waals surface area contributed by atoms with Crippen molar-refractivity contribution in [3.8, 4) is 0 Å². The van der Waals surface area contributed by atoms with Crippen molar-refractivity contribution in [3.05, 3.63) is 36.4 Å². The number of hydrogen-bond donors (Lipinski definition) is 2. The monoisotopic (exact) mass is 473 g/mol. The van der Waals surface area contributed by atoms with Crippen molar-refractivity contribution in [1.82, 2.24) is 19.9 Å². The number of carbonyl (C=O) groups excluding carboxylic acids is 2. The number of nitrogens with zero attached hydrogens (tertiary/aromatic N) is 5. The Labute approximate surface area is 185 Å². The van der Waals surface area contributed by atoms with Crippen molar-refractivity contribution < 1.29 is 22.7 Å². The zero-order valence-electron chi connectivity index (χ0n) is 16.5. The van der Waals surface area contributed by atoms with E-state index in [1.165, 1.54) is 31.3 Å². The number of amidine groups is 1. The van der Waals surface area contributed by atoms with Gasteiger partial charge in [0, 0.05) is 11.4 Å². The van der Waals surface area contributed by atoms with E-state index in [9.17, 15) is 18.0 Å². The van der Waals surface area contributed by atoms with Crippen molar-refractivity contribution in [2.45, 2.75) is 17.9 Å². The average Bonchev–Trinajstić information content (AvgIpc) is 3.36. The summed E-state index contributed by atoms with van der Waals surface area (Å²) in [5, 5.41) is 2.95. The molecule has 0 bridgehead atoms. The Kier molecular flexibility index (Phi) is 4.82. The minimum absolute atomic E-state index is 0.0654. The normalized spacial score (nSPS) is 17.3. The van der Waals surface area contributed by atoms with Crippen molar-refractivity contribution >= 4 is 61.5 Å². The van der Waals surface area contributed by atoms with E-state index < -0.39 is 28.0 Å². The molecule has 2 N–H and O–H groups in total. The molecule has 14 heteroatoms. The van der Waals surface area contributed by atoms with Crippen LogP contribution < -0.4 is 10.2 Å². The number of rotatable bonds is 4. The highest BCUT2D eigenvalue weighted by Gasteiger charge is 2.33. The highest BCUT2D eigenvalue weighted by molar-refractivity contribution is 8.15. The molecular weight excluding hydrogens is 458 g/mol. The number of thioether (sulfide) groups is 1. The summed E-state index contributed by atoms with van der Waals surface area (Å²) in [5.41, 5.74) is 1.86. The fourth-order valence-electron chi connectivity index (χ4n) is 3.22. The van der Waals surface area contributed by atoms with E-state index in [1.54, 1.807) is 23.1 Å². The highest BCUT2D eigenvalue weighted by atomic mass is 32.2. The van der Waals surface area contributed by atoms with E-state index >= 15 is 0 Å². The number of sulfonamides is 1. The van der Waals surface area contributed by atoms with Gasteiger partial charge in [-0.25, -0.2) is 28.2 Å². The summed E-state index contributed by atoms with van der Waals surface area (Å²) in [6.07, 6.45) is 1.59. The summed E-state index contributed by atoms with van der Waals surface area (Å²) in [6.45, 7) is 1.75. The lowest BCUT2D eigenvalue weighted by molar-refractivity contribution is -0.123. The van der Waals surface area contributed by atoms with Gasteiger partial charge in [-0.1, -0.05) is 0 Å². The molecule has 0 radical (unpaired) electrons. The van der Waals surface area contributed by atoms with Crippen molar-refractivity contribution in [2.24, 2.45) is 4.40 Å². The smallest absolute Gasteiger partial charge is 0.338 e. The van der Waals surface area contributed by atoms with Crippen LogP contribution in [0.3, 0.4) is 0 Å². The van der Waals surface area contributed by atoms with E-state index in [1.807, 2.05) is 0 Å². The molecule has 12 nitrogen and oxygen atoms in total. The van der Waals surface area contributed by atoms with Gasteiger partial charge < -0.3 is 19.9 Å². The number of aromatic nitrogens is 4. The van der Waals surface area contributed by atoms with Crippen LogP contribution in [0.2, 0.25) is 0 Å². The number of H-pyrrole nitrogens is 1. The van der Waals surface area contributed by atoms with Crippen molar-refractivity contribution in [2.75, 3.05) is 22.5 Å². The maximum atomic E-state index is 12.6. The molecule has 1 amide bonds. The van der Waals surface area contributed by atoms with E-state index in [0.29, 0.717) is 27.8 Å². The summed E-state index contributed by atoms with van der Waals surface area (Å²) < 4.78 is 32.6. The SMILES string of the molecule is CC(OC(=O)c1ccc2c(c1)SC1=NS(=O)(=O)CCN12)C(=O)Nc1ncnc2nc[nH]c12. The van der Waals surface area contributed by atoms with Crippen LogP contribution in [-0.2, 0) is 19.6 Å². The van der Waals surface area contributed by atoms with E-state index in [2.05, 4.69) is 29.7 Å². The maximum Gasteiger partial charge on any atom is 0.338 e. The first-order valence-corrected chi connectivity index (χ1v) is 11.8. The molecule has 0 aliphatic carbocycles. The van der Waals surface area contributed by atoms with Crippen LogP contribution in [0.1, 0.15) is 17.3 Å². The molecule has 5 rings (SSSR count). The average molecular weight is 473 g/mol. The van der Waals surface area contributed by atoms with Gasteiger partial charge in [0.2, 0.25) is 0 Å². The van der Waals surface area contributed by atoms with Gasteiger partial charge >= 0.3 is 5.97 Å². The molecule has 0 spiro atoms. The number of fused-ring (bicyclic) bond motifs is 4. The molecule has 1 unspecified atom stereocenters. The predicted octanol–water partition coefficient (Wildman–Crippen LogP) is 1.15. The van der Waals surface area contributed by atoms with E-state index in [4.69, 9.17) is 4.74 Å². The summed E-state index contributed by atoms with van der Waals surface area (Å²) in [6, 6.07) is 4.87. The summed E-state index contributed by atoms with van der Waals surface area (Å²) in [7, 11) is -3.47. The van der Waals surface area contributed by atoms with Gasteiger partial charge in [0.15, 0.2) is 22.7 Å². The number of aromatic amines is 1. The lowest BCUT2D eigenvalue weighted by Crippen LogP contribution is -2.35. The minimum Gasteiger partial charge on any atom is -0.449 e. The standard InChI is InChI=1S/C18H15N7O5S2/c1-9(16(26)23-15-13-14(20-7-19-13)21-8-22-15)30-17(27)10-2-3-11-12(6-10)31-18-24-32(28,29)5-4-25(11)18/h2-3,6-9H,4-5H2,1H3,(H2,19,20,21,22,23,26). The molecule has 3 aromatic rings. The number of amides is 1. The fourth-order valence-corrected chi connectivity index (χ4v) is 5.51. The Balaban J connectivity index is 1.29. The second-order valence-electron chi connectivity index (χ2n) is 6.96. The Hall–Kier alpha value is -3.52. The Morgan fingerprint density at radius 1 is 1.28 bits per heavy atom. The third kappa shape index (κ3) is 3.67. The number of carbonyl (C=O) groups is 2. The zero-order chi connectivity index (χ0) is 22.5. The van der Waals surface area contributed by atoms with Gasteiger partial charge in [-0.3, -0.25) is 4.79 Å². The first kappa shape index (κ1) is 20.4. The quantitative estimate of drug-likeness (QED) is 0.526. The number of ether oxygens (including phenoxy) is 1. The number of nitrogens with one attached hydrogen (secondary N) is 2. The molecule has 0 saturated heterocycles. The summed E-state index contributed by atoms with van der Waals surface area (Å²) in [5.74, 6) is -1.10. The number of anilines is 2. The molecule has 4 heterocycles. The molecule has 164 valence electrons. The number of imidazole rings is 1. The Morgan fingerprint density at radius 2 is 2.12 bits per heavy atom. The molecule has 1 aromatic carbocycles. The first-order chi connectivity index (χ1) is 15.3. The topological polar surface area (TPSA) is 160 Å². The maximum absolute atomic E-state index is 12.6. The van der Waals surface area contributed by atoms with Crippen LogP contribution in [0.4, 0.5) is 11.5 Å². The van der Waals surface area contributed by atoms with Crippen LogP contribution >= 0.6 is 11.8 Å². The van der Waals surface area contributed by atoms with Gasteiger partial charge in [0.25, 0.3) is 15.9 Å². The summed E-state index contributed by atoms with van der Waals surface area (Å²) in [4.78, 5) is 42.4. The second-order valence-corrected chi connectivity index (χ2v) is 9.72. The zero-order valence-corrected chi connectivity index (χ0v) is 18.1. The molecule has 2 aliphatic heterocycles. The van der Waals surface area contributed by atoms with Crippen LogP contribution in [0, 0.1) is 0 Å². The third-order valence-corrected chi connectivity index (χ3v) is 7.13. The lowest BCUT2D eigenvalue weighted by Gasteiger charge is -2.22. The number of hydrogen-bond acceptors (Lipinski definition) is 10. The molecule has 1 atom stereocenters. The molecule has 0 saturated carbocycles. The van der Waals surface area contributed by atoms with Crippen LogP contribution in [-0.4, -0.2) is 63.8 Å². The minimum atomic E-state index is -3.47. The third-order valence-electron chi connectivity index (χ3n) is 4.83. The van der Waals surface area contributed by atoms with Crippen LogP contribution in [0.25, 0.3) is 11.2 Å². The Morgan fingerprint density at radius 3 is 2.97 bits per heavy atom. The van der Waals surface area contributed by atoms with Gasteiger partial charge in [0.05, 0.1) is 23.3 Å². The van der Waals surface area contributed by atoms with Gasteiger partial charge in [0.1, 0.15) is 11.8 Å². The lowest BCUT2D eigenvalue weighted by atomic mass is 10.2. The van der Waals surface area contributed by atoms with Crippen LogP contribution in [0.5, 0.6) is 0 Å². The van der Waals surface area contributed by atoms with Gasteiger partial charge in [-0.15, -0.1) is 4.40 Å². The number of esters is 1. The van der Waals surface area contributed by atoms with Crippen molar-refractivity contribution in [3.63, 3.8) is 0 Å². The fraction of sp³-hybridized carbons (Fsp3) is 0.222. The second kappa shape index (κ2) is 7.56. The first-order valence-electron chi connectivity index (χ1n) is 9.39.